The maximum absolute atomic E-state index is 11.5. The Morgan fingerprint density at radius 1 is 0.735 bits per heavy atom. The van der Waals surface area contributed by atoms with E-state index < -0.39 is 18.5 Å². The summed E-state index contributed by atoms with van der Waals surface area (Å²) in [6.45, 7) is 11.7. The van der Waals surface area contributed by atoms with Gasteiger partial charge in [-0.1, -0.05) is 34.6 Å². The summed E-state index contributed by atoms with van der Waals surface area (Å²) >= 11 is 0. The van der Waals surface area contributed by atoms with E-state index in [9.17, 15) is 20.4 Å². The smallest absolute Gasteiger partial charge is 0.155 e. The van der Waals surface area contributed by atoms with Crippen molar-refractivity contribution < 1.29 is 25.2 Å². The Morgan fingerprint density at radius 2 is 1.41 bits per heavy atom. The van der Waals surface area contributed by atoms with E-state index in [1.165, 1.54) is 6.42 Å². The van der Waals surface area contributed by atoms with Gasteiger partial charge < -0.3 is 25.2 Å². The predicted octanol–water partition coefficient (Wildman–Crippen LogP) is 4.35. The van der Waals surface area contributed by atoms with Gasteiger partial charge in [-0.25, -0.2) is 0 Å². The highest BCUT2D eigenvalue weighted by atomic mass is 16.6. The van der Waals surface area contributed by atoms with Gasteiger partial charge in [0.05, 0.1) is 24.4 Å². The number of fused-ring (bicyclic) bond motifs is 5. The highest BCUT2D eigenvalue weighted by Gasteiger charge is 2.65. The topological polar surface area (TPSA) is 90.2 Å². The van der Waals surface area contributed by atoms with Crippen LogP contribution < -0.4 is 0 Å². The molecule has 5 aliphatic rings. The van der Waals surface area contributed by atoms with Gasteiger partial charge in [-0.3, -0.25) is 0 Å². The van der Waals surface area contributed by atoms with Crippen molar-refractivity contribution in [3.8, 4) is 0 Å². The van der Waals surface area contributed by atoms with Crippen molar-refractivity contribution in [2.75, 3.05) is 0 Å². The molecule has 0 aromatic rings. The van der Waals surface area contributed by atoms with Gasteiger partial charge in [-0.2, -0.15) is 0 Å². The van der Waals surface area contributed by atoms with Crippen LogP contribution in [0.25, 0.3) is 0 Å². The van der Waals surface area contributed by atoms with Crippen LogP contribution in [0.2, 0.25) is 0 Å². The first-order valence-electron chi connectivity index (χ1n) is 14.3. The van der Waals surface area contributed by atoms with Crippen molar-refractivity contribution in [2.24, 2.45) is 58.2 Å². The molecule has 0 amide bonds. The molecule has 196 valence electrons. The minimum absolute atomic E-state index is 0.00178. The molecule has 4 N–H and O–H groups in total. The third-order valence-corrected chi connectivity index (χ3v) is 12.3. The number of aliphatic hydroxyl groups excluding tert-OH is 4. The molecule has 5 rings (SSSR count). The zero-order chi connectivity index (χ0) is 24.6. The molecule has 0 aromatic heterocycles. The molecule has 0 bridgehead atoms. The SMILES string of the molecule is CC(C)[C@@H]1CC(O)O[C@H](C(C)[C@H]2CC[C@H]3[C@@H]4[C@@H](O)[C@H](O)[C@H]5C[C@@H](O)CC[C@]5(C)[C@H]4CC[C@]23C)C1. The summed E-state index contributed by atoms with van der Waals surface area (Å²) in [5.74, 6) is 2.94. The molecule has 0 radical (unpaired) electrons. The zero-order valence-electron chi connectivity index (χ0n) is 22.1. The lowest BCUT2D eigenvalue weighted by atomic mass is 9.43. The van der Waals surface area contributed by atoms with Gasteiger partial charge in [-0.15, -0.1) is 0 Å². The summed E-state index contributed by atoms with van der Waals surface area (Å²) in [5.41, 5.74) is 0.145. The molecular weight excluding hydrogens is 428 g/mol. The zero-order valence-corrected chi connectivity index (χ0v) is 22.1. The molecule has 14 atom stereocenters. The van der Waals surface area contributed by atoms with Crippen molar-refractivity contribution in [1.82, 2.24) is 0 Å². The molecule has 5 nitrogen and oxygen atoms in total. The average Bonchev–Trinajstić information content (AvgIpc) is 3.14. The molecule has 1 saturated heterocycles. The van der Waals surface area contributed by atoms with Crippen LogP contribution in [0.3, 0.4) is 0 Å². The quantitative estimate of drug-likeness (QED) is 0.484. The van der Waals surface area contributed by atoms with Crippen LogP contribution in [0.5, 0.6) is 0 Å². The molecule has 5 heteroatoms. The second-order valence-corrected chi connectivity index (χ2v) is 14.0. The highest BCUT2D eigenvalue weighted by molar-refractivity contribution is 5.14. The number of ether oxygens (including phenoxy) is 1. The van der Waals surface area contributed by atoms with E-state index in [1.54, 1.807) is 0 Å². The van der Waals surface area contributed by atoms with E-state index in [1.807, 2.05) is 0 Å². The fourth-order valence-corrected chi connectivity index (χ4v) is 10.3. The Kier molecular flexibility index (Phi) is 6.72. The standard InChI is InChI=1S/C29H50O5/c1-15(2)17-12-23(34-24(31)13-17)16(3)19-6-7-20-25-21(9-11-28(19,20)4)29(5)10-8-18(30)14-22(29)26(32)27(25)33/h15-27,30-33H,6-14H2,1-5H3/t16?,17-,18-,19+,20-,21-,22+,23-,24?,25-,26+,27+,28+,29+/m0/s1. The first-order chi connectivity index (χ1) is 16.0. The highest BCUT2D eigenvalue weighted by Crippen LogP contribution is 2.68. The first-order valence-corrected chi connectivity index (χ1v) is 14.3. The van der Waals surface area contributed by atoms with Gasteiger partial charge in [0.15, 0.2) is 6.29 Å². The molecule has 5 fully saturated rings. The number of hydrogen-bond acceptors (Lipinski definition) is 5. The maximum atomic E-state index is 11.5. The van der Waals surface area contributed by atoms with E-state index in [2.05, 4.69) is 34.6 Å². The van der Waals surface area contributed by atoms with E-state index in [-0.39, 0.29) is 34.9 Å². The number of rotatable bonds is 3. The molecule has 34 heavy (non-hydrogen) atoms. The van der Waals surface area contributed by atoms with Gasteiger partial charge in [0, 0.05) is 6.42 Å². The van der Waals surface area contributed by atoms with Crippen LogP contribution in [-0.4, -0.2) is 51.1 Å². The largest absolute Gasteiger partial charge is 0.393 e. The summed E-state index contributed by atoms with van der Waals surface area (Å²) in [6.07, 6.45) is 6.39. The Labute approximate surface area is 206 Å². The third-order valence-electron chi connectivity index (χ3n) is 12.3. The fraction of sp³-hybridized carbons (Fsp3) is 1.00. The van der Waals surface area contributed by atoms with Crippen molar-refractivity contribution >= 4 is 0 Å². The Balaban J connectivity index is 1.38. The molecular formula is C29H50O5. The monoisotopic (exact) mass is 478 g/mol. The lowest BCUT2D eigenvalue weighted by Gasteiger charge is -2.63. The van der Waals surface area contributed by atoms with Crippen molar-refractivity contribution in [2.45, 2.75) is 123 Å². The third kappa shape index (κ3) is 3.83. The summed E-state index contributed by atoms with van der Waals surface area (Å²) in [4.78, 5) is 0. The van der Waals surface area contributed by atoms with Gasteiger partial charge in [0.25, 0.3) is 0 Å². The summed E-state index contributed by atoms with van der Waals surface area (Å²) in [7, 11) is 0. The van der Waals surface area contributed by atoms with E-state index >= 15 is 0 Å². The van der Waals surface area contributed by atoms with E-state index in [0.29, 0.717) is 41.9 Å². The van der Waals surface area contributed by atoms with Crippen LogP contribution in [-0.2, 0) is 4.74 Å². The van der Waals surface area contributed by atoms with Gasteiger partial charge in [-0.05, 0) is 110 Å². The van der Waals surface area contributed by atoms with Crippen LogP contribution in [0, 0.1) is 58.2 Å². The normalized spacial score (nSPS) is 56.5. The van der Waals surface area contributed by atoms with E-state index in [0.717, 1.165) is 44.9 Å². The lowest BCUT2D eigenvalue weighted by Crippen LogP contribution is -2.64. The van der Waals surface area contributed by atoms with Crippen molar-refractivity contribution in [1.29, 1.82) is 0 Å². The first kappa shape index (κ1) is 25.4. The molecule has 4 saturated carbocycles. The minimum atomic E-state index is -0.733. The van der Waals surface area contributed by atoms with Crippen LogP contribution in [0.4, 0.5) is 0 Å². The Hall–Kier alpha value is -0.200. The average molecular weight is 479 g/mol. The molecule has 0 spiro atoms. The van der Waals surface area contributed by atoms with Gasteiger partial charge >= 0.3 is 0 Å². The van der Waals surface area contributed by atoms with Gasteiger partial charge in [0.2, 0.25) is 0 Å². The van der Waals surface area contributed by atoms with Gasteiger partial charge in [0.1, 0.15) is 0 Å². The van der Waals surface area contributed by atoms with Crippen LogP contribution >= 0.6 is 0 Å². The predicted molar refractivity (Wildman–Crippen MR) is 132 cm³/mol. The van der Waals surface area contributed by atoms with Crippen LogP contribution in [0.1, 0.15) is 92.4 Å². The molecule has 2 unspecified atom stereocenters. The molecule has 0 aromatic carbocycles. The molecule has 1 heterocycles. The molecule has 4 aliphatic carbocycles. The summed E-state index contributed by atoms with van der Waals surface area (Å²) in [5, 5.41) is 43.6. The second-order valence-electron chi connectivity index (χ2n) is 14.0. The molecule has 1 aliphatic heterocycles. The Bertz CT molecular complexity index is 742. The fourth-order valence-electron chi connectivity index (χ4n) is 10.3. The van der Waals surface area contributed by atoms with Crippen molar-refractivity contribution in [3.63, 3.8) is 0 Å². The minimum Gasteiger partial charge on any atom is -0.393 e. The maximum Gasteiger partial charge on any atom is 0.155 e. The van der Waals surface area contributed by atoms with Crippen LogP contribution in [0.15, 0.2) is 0 Å². The lowest BCUT2D eigenvalue weighted by molar-refractivity contribution is -0.228. The summed E-state index contributed by atoms with van der Waals surface area (Å²) in [6, 6.07) is 0. The number of hydrogen-bond donors (Lipinski definition) is 4. The summed E-state index contributed by atoms with van der Waals surface area (Å²) < 4.78 is 6.15. The van der Waals surface area contributed by atoms with E-state index in [4.69, 9.17) is 4.74 Å². The Morgan fingerprint density at radius 3 is 2.12 bits per heavy atom. The van der Waals surface area contributed by atoms with Crippen molar-refractivity contribution in [3.05, 3.63) is 0 Å². The number of aliphatic hydroxyl groups is 4. The second kappa shape index (κ2) is 8.97.